The number of benzene rings is 1. The molecular weight excluding hydrogens is 244 g/mol. The van der Waals surface area contributed by atoms with Crippen LogP contribution in [0.3, 0.4) is 0 Å². The minimum atomic E-state index is -0.0402. The van der Waals surface area contributed by atoms with Crippen molar-refractivity contribution in [2.75, 3.05) is 33.9 Å². The predicted octanol–water partition coefficient (Wildman–Crippen LogP) is 0.750. The van der Waals surface area contributed by atoms with E-state index in [1.807, 2.05) is 6.07 Å². The van der Waals surface area contributed by atoms with Crippen molar-refractivity contribution >= 4 is 5.91 Å². The summed E-state index contributed by atoms with van der Waals surface area (Å²) in [4.78, 5) is 12.2. The van der Waals surface area contributed by atoms with Crippen LogP contribution in [0.5, 0.6) is 11.5 Å². The molecule has 3 rings (SSSR count). The number of amides is 1. The van der Waals surface area contributed by atoms with Gasteiger partial charge in [-0.2, -0.15) is 0 Å². The Bertz CT molecular complexity index is 516. The first-order valence-electron chi connectivity index (χ1n) is 6.49. The van der Waals surface area contributed by atoms with Crippen molar-refractivity contribution in [3.05, 3.63) is 23.3 Å². The normalized spacial score (nSPS) is 25.1. The molecule has 2 atom stereocenters. The third-order valence-corrected chi connectivity index (χ3v) is 4.05. The van der Waals surface area contributed by atoms with Crippen molar-refractivity contribution in [2.45, 2.75) is 5.92 Å². The molecule has 2 heterocycles. The summed E-state index contributed by atoms with van der Waals surface area (Å²) in [7, 11) is 3.23. The van der Waals surface area contributed by atoms with Gasteiger partial charge >= 0.3 is 0 Å². The Labute approximate surface area is 112 Å². The number of hydrogen-bond acceptors (Lipinski definition) is 4. The van der Waals surface area contributed by atoms with Crippen LogP contribution in [0.15, 0.2) is 12.1 Å². The van der Waals surface area contributed by atoms with Crippen LogP contribution >= 0.6 is 0 Å². The molecule has 1 aromatic rings. The molecule has 0 radical (unpaired) electrons. The molecule has 0 spiro atoms. The zero-order chi connectivity index (χ0) is 13.4. The summed E-state index contributed by atoms with van der Waals surface area (Å²) in [5.74, 6) is 2.09. The zero-order valence-corrected chi connectivity index (χ0v) is 11.2. The Morgan fingerprint density at radius 1 is 1.16 bits per heavy atom. The molecule has 0 aliphatic carbocycles. The van der Waals surface area contributed by atoms with Gasteiger partial charge in [-0.05, 0) is 12.0 Å². The summed E-state index contributed by atoms with van der Waals surface area (Å²) in [6.45, 7) is 2.52. The molecule has 0 saturated carbocycles. The maximum atomic E-state index is 12.2. The molecule has 19 heavy (non-hydrogen) atoms. The van der Waals surface area contributed by atoms with E-state index in [4.69, 9.17) is 9.47 Å². The van der Waals surface area contributed by atoms with E-state index in [2.05, 4.69) is 10.6 Å². The average molecular weight is 262 g/mol. The Balaban J connectivity index is 2.18. The van der Waals surface area contributed by atoms with Crippen molar-refractivity contribution in [1.29, 1.82) is 0 Å². The number of carbonyl (C=O) groups excluding carboxylic acids is 1. The topological polar surface area (TPSA) is 59.6 Å². The summed E-state index contributed by atoms with van der Waals surface area (Å²) in [6, 6.07) is 3.65. The lowest BCUT2D eigenvalue weighted by atomic mass is 9.86. The Kier molecular flexibility index (Phi) is 3.06. The molecule has 1 fully saturated rings. The van der Waals surface area contributed by atoms with E-state index in [0.717, 1.165) is 24.4 Å². The van der Waals surface area contributed by atoms with Crippen molar-refractivity contribution in [2.24, 2.45) is 5.92 Å². The molecule has 0 bridgehead atoms. The minimum absolute atomic E-state index is 0.0402. The molecule has 2 aliphatic rings. The molecule has 2 aliphatic heterocycles. The van der Waals surface area contributed by atoms with E-state index in [9.17, 15) is 4.79 Å². The Hall–Kier alpha value is -1.75. The quantitative estimate of drug-likeness (QED) is 0.825. The number of hydrogen-bond donors (Lipinski definition) is 2. The van der Waals surface area contributed by atoms with Crippen molar-refractivity contribution in [1.82, 2.24) is 10.6 Å². The first kappa shape index (κ1) is 12.3. The van der Waals surface area contributed by atoms with Gasteiger partial charge < -0.3 is 20.1 Å². The van der Waals surface area contributed by atoms with Crippen molar-refractivity contribution in [3.8, 4) is 11.5 Å². The van der Waals surface area contributed by atoms with Crippen LogP contribution in [0.1, 0.15) is 21.8 Å². The first-order valence-corrected chi connectivity index (χ1v) is 6.49. The van der Waals surface area contributed by atoms with Crippen LogP contribution in [0, 0.1) is 5.92 Å². The lowest BCUT2D eigenvalue weighted by Crippen LogP contribution is -2.28. The summed E-state index contributed by atoms with van der Waals surface area (Å²) in [5, 5.41) is 6.37. The van der Waals surface area contributed by atoms with Gasteiger partial charge in [0.2, 0.25) is 0 Å². The highest BCUT2D eigenvalue weighted by Crippen LogP contribution is 2.40. The molecule has 1 amide bonds. The van der Waals surface area contributed by atoms with Gasteiger partial charge in [0, 0.05) is 37.2 Å². The molecule has 5 nitrogen and oxygen atoms in total. The largest absolute Gasteiger partial charge is 0.497 e. The Morgan fingerprint density at radius 3 is 2.74 bits per heavy atom. The molecule has 1 unspecified atom stereocenters. The molecule has 102 valence electrons. The van der Waals surface area contributed by atoms with Gasteiger partial charge in [-0.25, -0.2) is 0 Å². The zero-order valence-electron chi connectivity index (χ0n) is 11.2. The fourth-order valence-electron chi connectivity index (χ4n) is 3.06. The van der Waals surface area contributed by atoms with Gasteiger partial charge in [0.05, 0.1) is 19.8 Å². The lowest BCUT2D eigenvalue weighted by molar-refractivity contribution is 0.0951. The maximum Gasteiger partial charge on any atom is 0.251 e. The summed E-state index contributed by atoms with van der Waals surface area (Å²) in [6.07, 6.45) is 0. The van der Waals surface area contributed by atoms with Gasteiger partial charge in [0.1, 0.15) is 11.5 Å². The summed E-state index contributed by atoms with van der Waals surface area (Å²) >= 11 is 0. The third kappa shape index (κ3) is 1.94. The highest BCUT2D eigenvalue weighted by atomic mass is 16.5. The van der Waals surface area contributed by atoms with Crippen LogP contribution in [0.4, 0.5) is 0 Å². The number of methoxy groups -OCH3 is 2. The number of carbonyl (C=O) groups is 1. The second kappa shape index (κ2) is 4.74. The first-order chi connectivity index (χ1) is 9.24. The smallest absolute Gasteiger partial charge is 0.251 e. The van der Waals surface area contributed by atoms with E-state index in [0.29, 0.717) is 29.7 Å². The summed E-state index contributed by atoms with van der Waals surface area (Å²) in [5.41, 5.74) is 1.68. The second-order valence-electron chi connectivity index (χ2n) is 5.03. The molecule has 0 aromatic heterocycles. The van der Waals surface area contributed by atoms with Crippen LogP contribution in [0.25, 0.3) is 0 Å². The fraction of sp³-hybridized carbons (Fsp3) is 0.500. The van der Waals surface area contributed by atoms with Gasteiger partial charge in [-0.1, -0.05) is 0 Å². The van der Waals surface area contributed by atoms with Crippen molar-refractivity contribution < 1.29 is 14.3 Å². The number of ether oxygens (including phenoxy) is 2. The fourth-order valence-corrected chi connectivity index (χ4v) is 3.06. The molecule has 1 saturated heterocycles. The molecule has 1 aromatic carbocycles. The van der Waals surface area contributed by atoms with E-state index in [1.54, 1.807) is 20.3 Å². The lowest BCUT2D eigenvalue weighted by Gasteiger charge is -2.20. The molecule has 2 N–H and O–H groups in total. The molecule has 5 heteroatoms. The maximum absolute atomic E-state index is 12.2. The third-order valence-electron chi connectivity index (χ3n) is 4.05. The van der Waals surface area contributed by atoms with Gasteiger partial charge in [0.15, 0.2) is 0 Å². The van der Waals surface area contributed by atoms with Crippen LogP contribution in [-0.4, -0.2) is 39.8 Å². The van der Waals surface area contributed by atoms with Gasteiger partial charge in [-0.15, -0.1) is 0 Å². The van der Waals surface area contributed by atoms with E-state index < -0.39 is 0 Å². The molecular formula is C14H18N2O3. The van der Waals surface area contributed by atoms with Gasteiger partial charge in [0.25, 0.3) is 5.91 Å². The standard InChI is InChI=1S/C14H18N2O3/c1-18-9-3-10-13(12(4-9)19-2)11-7-15-5-8(11)6-16-14(10)17/h3-4,8,11,15H,5-7H2,1-2H3,(H,16,17)/t8-,11?/m0/s1. The van der Waals surface area contributed by atoms with Crippen molar-refractivity contribution in [3.63, 3.8) is 0 Å². The Morgan fingerprint density at radius 2 is 2.00 bits per heavy atom. The van der Waals surface area contributed by atoms with Crippen LogP contribution in [-0.2, 0) is 0 Å². The number of fused-ring (bicyclic) bond motifs is 3. The van der Waals surface area contributed by atoms with E-state index >= 15 is 0 Å². The number of nitrogens with one attached hydrogen (secondary N) is 2. The van der Waals surface area contributed by atoms with Gasteiger partial charge in [-0.3, -0.25) is 4.79 Å². The average Bonchev–Trinajstić information content (AvgIpc) is 2.86. The SMILES string of the molecule is COc1cc(OC)c2c(c1)C(=O)NC[C@@H]1CNCC21. The monoisotopic (exact) mass is 262 g/mol. The second-order valence-corrected chi connectivity index (χ2v) is 5.03. The van der Waals surface area contributed by atoms with E-state index in [1.165, 1.54) is 0 Å². The van der Waals surface area contributed by atoms with Crippen LogP contribution < -0.4 is 20.1 Å². The minimum Gasteiger partial charge on any atom is -0.497 e. The van der Waals surface area contributed by atoms with E-state index in [-0.39, 0.29) is 5.91 Å². The van der Waals surface area contributed by atoms with Crippen LogP contribution in [0.2, 0.25) is 0 Å². The highest BCUT2D eigenvalue weighted by Gasteiger charge is 2.36. The predicted molar refractivity (Wildman–Crippen MR) is 71.0 cm³/mol. The number of rotatable bonds is 2. The highest BCUT2D eigenvalue weighted by molar-refractivity contribution is 5.97. The summed E-state index contributed by atoms with van der Waals surface area (Å²) < 4.78 is 10.7.